The molecule has 3 aromatic rings. The number of aryl methyl sites for hydroxylation is 1. The zero-order valence-electron chi connectivity index (χ0n) is 11.4. The van der Waals surface area contributed by atoms with E-state index in [1.165, 1.54) is 11.0 Å². The van der Waals surface area contributed by atoms with Gasteiger partial charge in [-0.3, -0.25) is 9.89 Å². The van der Waals surface area contributed by atoms with Gasteiger partial charge in [-0.25, -0.2) is 0 Å². The molecule has 7 heteroatoms. The minimum Gasteiger partial charge on any atom is -0.305 e. The number of nitrogens with one attached hydrogen (secondary N) is 2. The summed E-state index contributed by atoms with van der Waals surface area (Å²) >= 11 is 0. The van der Waals surface area contributed by atoms with Gasteiger partial charge in [0.1, 0.15) is 5.82 Å². The number of para-hydroxylation sites is 1. The summed E-state index contributed by atoms with van der Waals surface area (Å²) < 4.78 is 0. The average Bonchev–Trinajstić information content (AvgIpc) is 3.17. The van der Waals surface area contributed by atoms with Crippen LogP contribution in [0.3, 0.4) is 0 Å². The molecule has 106 valence electrons. The van der Waals surface area contributed by atoms with Gasteiger partial charge in [-0.05, 0) is 18.6 Å². The SMILES string of the molecule is CCc1cn[nH]c1NC(=O)c1cnn(-c2ccccc2)n1. The number of amides is 1. The van der Waals surface area contributed by atoms with Gasteiger partial charge in [-0.15, -0.1) is 5.10 Å². The molecular formula is C14H14N6O. The molecule has 2 aromatic heterocycles. The van der Waals surface area contributed by atoms with Crippen LogP contribution in [-0.4, -0.2) is 31.1 Å². The van der Waals surface area contributed by atoms with Crippen molar-refractivity contribution in [3.05, 3.63) is 54.0 Å². The highest BCUT2D eigenvalue weighted by Gasteiger charge is 2.14. The van der Waals surface area contributed by atoms with Crippen LogP contribution in [0.2, 0.25) is 0 Å². The third-order valence-corrected chi connectivity index (χ3v) is 3.05. The molecule has 1 amide bonds. The molecule has 0 atom stereocenters. The molecule has 0 radical (unpaired) electrons. The summed E-state index contributed by atoms with van der Waals surface area (Å²) in [5.41, 5.74) is 1.99. The molecule has 0 aliphatic carbocycles. The normalized spacial score (nSPS) is 10.5. The van der Waals surface area contributed by atoms with Crippen molar-refractivity contribution in [1.82, 2.24) is 25.2 Å². The molecule has 7 nitrogen and oxygen atoms in total. The van der Waals surface area contributed by atoms with Crippen molar-refractivity contribution in [2.75, 3.05) is 5.32 Å². The summed E-state index contributed by atoms with van der Waals surface area (Å²) in [6.45, 7) is 1.99. The molecule has 0 aliphatic heterocycles. The Kier molecular flexibility index (Phi) is 3.46. The third kappa shape index (κ3) is 2.66. The number of aromatic nitrogens is 5. The lowest BCUT2D eigenvalue weighted by molar-refractivity contribution is 0.102. The second-order valence-corrected chi connectivity index (χ2v) is 4.43. The van der Waals surface area contributed by atoms with E-state index in [0.29, 0.717) is 5.82 Å². The van der Waals surface area contributed by atoms with E-state index >= 15 is 0 Å². The first-order valence-corrected chi connectivity index (χ1v) is 6.59. The first kappa shape index (κ1) is 13.0. The molecule has 0 saturated heterocycles. The number of benzene rings is 1. The van der Waals surface area contributed by atoms with Crippen molar-refractivity contribution in [1.29, 1.82) is 0 Å². The largest absolute Gasteiger partial charge is 0.305 e. The molecule has 0 unspecified atom stereocenters. The highest BCUT2D eigenvalue weighted by molar-refractivity contribution is 6.02. The van der Waals surface area contributed by atoms with E-state index in [1.54, 1.807) is 6.20 Å². The summed E-state index contributed by atoms with van der Waals surface area (Å²) in [5, 5.41) is 17.7. The second kappa shape index (κ2) is 5.58. The van der Waals surface area contributed by atoms with Gasteiger partial charge in [0, 0.05) is 5.56 Å². The van der Waals surface area contributed by atoms with Gasteiger partial charge in [0.15, 0.2) is 5.69 Å². The predicted octanol–water partition coefficient (Wildman–Crippen LogP) is 1.81. The van der Waals surface area contributed by atoms with E-state index in [1.807, 2.05) is 37.3 Å². The van der Waals surface area contributed by atoms with E-state index in [2.05, 4.69) is 25.7 Å². The van der Waals surface area contributed by atoms with Crippen molar-refractivity contribution < 1.29 is 4.79 Å². The van der Waals surface area contributed by atoms with Crippen LogP contribution in [0.4, 0.5) is 5.82 Å². The summed E-state index contributed by atoms with van der Waals surface area (Å²) in [5.74, 6) is 0.271. The molecule has 0 bridgehead atoms. The van der Waals surface area contributed by atoms with Gasteiger partial charge in [0.2, 0.25) is 0 Å². The molecule has 0 fully saturated rings. The molecule has 3 rings (SSSR count). The molecule has 0 spiro atoms. The van der Waals surface area contributed by atoms with Crippen LogP contribution in [0.5, 0.6) is 0 Å². The minimum absolute atomic E-state index is 0.246. The van der Waals surface area contributed by atoms with Gasteiger partial charge >= 0.3 is 0 Å². The zero-order valence-corrected chi connectivity index (χ0v) is 11.4. The number of aromatic amines is 1. The number of hydrogen-bond donors (Lipinski definition) is 2. The lowest BCUT2D eigenvalue weighted by atomic mass is 10.2. The highest BCUT2D eigenvalue weighted by Crippen LogP contribution is 2.12. The Morgan fingerprint density at radius 1 is 1.29 bits per heavy atom. The lowest BCUT2D eigenvalue weighted by Crippen LogP contribution is -2.14. The fourth-order valence-corrected chi connectivity index (χ4v) is 1.92. The molecular weight excluding hydrogens is 268 g/mol. The monoisotopic (exact) mass is 282 g/mol. The van der Waals surface area contributed by atoms with Crippen LogP contribution < -0.4 is 5.32 Å². The number of carbonyl (C=O) groups is 1. The molecule has 1 aromatic carbocycles. The maximum absolute atomic E-state index is 12.2. The summed E-state index contributed by atoms with van der Waals surface area (Å²) in [6.07, 6.45) is 3.91. The number of hydrogen-bond acceptors (Lipinski definition) is 4. The molecule has 0 saturated carbocycles. The van der Waals surface area contributed by atoms with Crippen molar-refractivity contribution in [3.63, 3.8) is 0 Å². The standard InChI is InChI=1S/C14H14N6O/c1-2-10-8-15-18-13(10)17-14(21)12-9-16-20(19-12)11-6-4-3-5-7-11/h3-9H,2H2,1H3,(H2,15,17,18,21). The van der Waals surface area contributed by atoms with E-state index in [-0.39, 0.29) is 11.6 Å². The van der Waals surface area contributed by atoms with Crippen LogP contribution in [0.1, 0.15) is 23.0 Å². The maximum Gasteiger partial charge on any atom is 0.279 e. The minimum atomic E-state index is -0.323. The van der Waals surface area contributed by atoms with Gasteiger partial charge in [-0.1, -0.05) is 25.1 Å². The molecule has 21 heavy (non-hydrogen) atoms. The molecule has 2 heterocycles. The van der Waals surface area contributed by atoms with Crippen LogP contribution in [-0.2, 0) is 6.42 Å². The second-order valence-electron chi connectivity index (χ2n) is 4.43. The van der Waals surface area contributed by atoms with Gasteiger partial charge in [-0.2, -0.15) is 15.0 Å². The Morgan fingerprint density at radius 2 is 2.10 bits per heavy atom. The summed E-state index contributed by atoms with van der Waals surface area (Å²) in [6, 6.07) is 9.41. The number of rotatable bonds is 4. The number of nitrogens with zero attached hydrogens (tertiary/aromatic N) is 4. The number of anilines is 1. The van der Waals surface area contributed by atoms with Crippen LogP contribution >= 0.6 is 0 Å². The predicted molar refractivity (Wildman–Crippen MR) is 77.3 cm³/mol. The van der Waals surface area contributed by atoms with Crippen LogP contribution in [0.15, 0.2) is 42.7 Å². The fourth-order valence-electron chi connectivity index (χ4n) is 1.92. The Balaban J connectivity index is 1.79. The average molecular weight is 282 g/mol. The topological polar surface area (TPSA) is 88.5 Å². The first-order valence-electron chi connectivity index (χ1n) is 6.59. The van der Waals surface area contributed by atoms with Crippen molar-refractivity contribution in [2.45, 2.75) is 13.3 Å². The Hall–Kier alpha value is -2.96. The number of carbonyl (C=O) groups excluding carboxylic acids is 1. The van der Waals surface area contributed by atoms with E-state index in [0.717, 1.165) is 17.7 Å². The fraction of sp³-hybridized carbons (Fsp3) is 0.143. The zero-order chi connectivity index (χ0) is 14.7. The summed E-state index contributed by atoms with van der Waals surface area (Å²) in [7, 11) is 0. The van der Waals surface area contributed by atoms with Crippen LogP contribution in [0, 0.1) is 0 Å². The van der Waals surface area contributed by atoms with Crippen LogP contribution in [0.25, 0.3) is 5.69 Å². The van der Waals surface area contributed by atoms with Gasteiger partial charge in [0.05, 0.1) is 18.1 Å². The summed E-state index contributed by atoms with van der Waals surface area (Å²) in [4.78, 5) is 13.6. The van der Waals surface area contributed by atoms with E-state index in [4.69, 9.17) is 0 Å². The first-order chi connectivity index (χ1) is 10.3. The third-order valence-electron chi connectivity index (χ3n) is 3.05. The highest BCUT2D eigenvalue weighted by atomic mass is 16.2. The van der Waals surface area contributed by atoms with Gasteiger partial charge in [0.25, 0.3) is 5.91 Å². The van der Waals surface area contributed by atoms with Crippen molar-refractivity contribution >= 4 is 11.7 Å². The Bertz CT molecular complexity index is 746. The van der Waals surface area contributed by atoms with Crippen molar-refractivity contribution in [2.24, 2.45) is 0 Å². The van der Waals surface area contributed by atoms with E-state index in [9.17, 15) is 4.79 Å². The Morgan fingerprint density at radius 3 is 2.86 bits per heavy atom. The smallest absolute Gasteiger partial charge is 0.279 e. The number of H-pyrrole nitrogens is 1. The van der Waals surface area contributed by atoms with E-state index < -0.39 is 0 Å². The van der Waals surface area contributed by atoms with Gasteiger partial charge < -0.3 is 5.32 Å². The Labute approximate surface area is 121 Å². The van der Waals surface area contributed by atoms with Crippen molar-refractivity contribution in [3.8, 4) is 5.69 Å². The quantitative estimate of drug-likeness (QED) is 0.763. The molecule has 2 N–H and O–H groups in total. The molecule has 0 aliphatic rings. The maximum atomic E-state index is 12.2. The lowest BCUT2D eigenvalue weighted by Gasteiger charge is -2.02.